The molecule has 1 aliphatic rings. The maximum Gasteiger partial charge on any atom is 0.208 e. The zero-order valence-corrected chi connectivity index (χ0v) is 11.6. The highest BCUT2D eigenvalue weighted by atomic mass is 32.2. The molecule has 5 nitrogen and oxygen atoms in total. The molecule has 1 aliphatic heterocycles. The Labute approximate surface area is 103 Å². The Morgan fingerprint density at radius 3 is 2.38 bits per heavy atom. The summed E-state index contributed by atoms with van der Waals surface area (Å²) in [5, 5.41) is 0. The zero-order chi connectivity index (χ0) is 12.0. The van der Waals surface area contributed by atoms with Crippen molar-refractivity contribution in [2.45, 2.75) is 6.92 Å². The third kappa shape index (κ3) is 6.05. The number of piperazine rings is 1. The van der Waals surface area contributed by atoms with Crippen LogP contribution < -0.4 is 4.72 Å². The molecule has 0 spiro atoms. The Hall–Kier alpha value is 0.180. The normalized spacial score (nSPS) is 20.1. The van der Waals surface area contributed by atoms with E-state index in [0.717, 1.165) is 38.5 Å². The van der Waals surface area contributed by atoms with E-state index in [1.807, 2.05) is 11.9 Å². The highest BCUT2D eigenvalue weighted by Gasteiger charge is 2.16. The molecule has 0 saturated carbocycles. The molecule has 1 fully saturated rings. The van der Waals surface area contributed by atoms with Crippen LogP contribution in [0.4, 0.5) is 0 Å². The lowest BCUT2D eigenvalue weighted by molar-refractivity contribution is 0.199. The van der Waals surface area contributed by atoms with Crippen LogP contribution in [0.5, 0.6) is 0 Å². The lowest BCUT2D eigenvalue weighted by atomic mass is 10.3. The molecule has 0 amide bonds. The van der Waals surface area contributed by atoms with Crippen LogP contribution in [0, 0.1) is 0 Å². The summed E-state index contributed by atoms with van der Waals surface area (Å²) in [5.74, 6) is 1.12. The molecule has 16 heavy (non-hydrogen) atoms. The summed E-state index contributed by atoms with van der Waals surface area (Å²) in [6.45, 7) is 7.66. The van der Waals surface area contributed by atoms with Gasteiger partial charge in [0.2, 0.25) is 10.0 Å². The third-order valence-corrected chi connectivity index (χ3v) is 4.15. The Balaban J connectivity index is 2.13. The molecule has 0 aromatic carbocycles. The summed E-state index contributed by atoms with van der Waals surface area (Å²) >= 11 is 1.88. The molecule has 1 rings (SSSR count). The van der Waals surface area contributed by atoms with Gasteiger partial charge in [0.15, 0.2) is 0 Å². The van der Waals surface area contributed by atoms with E-state index in [0.29, 0.717) is 6.54 Å². The van der Waals surface area contributed by atoms with Crippen molar-refractivity contribution in [3.63, 3.8) is 0 Å². The van der Waals surface area contributed by atoms with Gasteiger partial charge in [-0.25, -0.2) is 17.4 Å². The van der Waals surface area contributed by atoms with Crippen molar-refractivity contribution in [2.24, 2.45) is 0 Å². The van der Waals surface area contributed by atoms with Gasteiger partial charge >= 0.3 is 0 Å². The minimum absolute atomic E-state index is 0.514. The Morgan fingerprint density at radius 1 is 1.25 bits per heavy atom. The van der Waals surface area contributed by atoms with E-state index in [9.17, 15) is 8.42 Å². The first-order valence-corrected chi connectivity index (χ1v) is 8.39. The largest absolute Gasteiger partial charge is 0.299 e. The van der Waals surface area contributed by atoms with Crippen LogP contribution in [0.1, 0.15) is 6.92 Å². The van der Waals surface area contributed by atoms with E-state index in [2.05, 4.69) is 20.9 Å². The Kier molecular flexibility index (Phi) is 6.06. The van der Waals surface area contributed by atoms with Crippen molar-refractivity contribution in [2.75, 3.05) is 51.3 Å². The maximum absolute atomic E-state index is 10.9. The number of hydrogen-bond donors (Lipinski definition) is 1. The summed E-state index contributed by atoms with van der Waals surface area (Å²) in [6.07, 6.45) is 1.20. The van der Waals surface area contributed by atoms with E-state index in [1.54, 1.807) is 0 Å². The van der Waals surface area contributed by atoms with Crippen molar-refractivity contribution in [3.05, 3.63) is 0 Å². The Morgan fingerprint density at radius 2 is 1.88 bits per heavy atom. The van der Waals surface area contributed by atoms with E-state index >= 15 is 0 Å². The lowest BCUT2D eigenvalue weighted by Gasteiger charge is -2.33. The first-order valence-electron chi connectivity index (χ1n) is 5.56. The fourth-order valence-electron chi connectivity index (χ4n) is 1.65. The van der Waals surface area contributed by atoms with Gasteiger partial charge in [0, 0.05) is 45.0 Å². The second kappa shape index (κ2) is 6.80. The van der Waals surface area contributed by atoms with Gasteiger partial charge in [0.05, 0.1) is 6.26 Å². The maximum atomic E-state index is 10.9. The fourth-order valence-corrected chi connectivity index (χ4v) is 2.90. The number of nitrogens with zero attached hydrogens (tertiary/aromatic N) is 2. The average Bonchev–Trinajstić information content (AvgIpc) is 2.19. The SMILES string of the molecule is CCSN1CCN(CCNS(C)(=O)=O)CC1. The monoisotopic (exact) mass is 267 g/mol. The number of rotatable bonds is 6. The molecule has 1 saturated heterocycles. The lowest BCUT2D eigenvalue weighted by Crippen LogP contribution is -2.46. The van der Waals surface area contributed by atoms with Crippen LogP contribution in [0.3, 0.4) is 0 Å². The second-order valence-corrected chi connectivity index (χ2v) is 7.04. The predicted molar refractivity (Wildman–Crippen MR) is 69.0 cm³/mol. The molecule has 0 aromatic heterocycles. The van der Waals surface area contributed by atoms with Crippen LogP contribution in [0.25, 0.3) is 0 Å². The number of hydrogen-bond acceptors (Lipinski definition) is 5. The number of sulfonamides is 1. The molecule has 1 heterocycles. The van der Waals surface area contributed by atoms with E-state index in [-0.39, 0.29) is 0 Å². The quantitative estimate of drug-likeness (QED) is 0.677. The molecular weight excluding hydrogens is 246 g/mol. The molecule has 0 aliphatic carbocycles. The first kappa shape index (κ1) is 14.2. The van der Waals surface area contributed by atoms with Crippen LogP contribution >= 0.6 is 11.9 Å². The smallest absolute Gasteiger partial charge is 0.208 e. The molecule has 7 heteroatoms. The van der Waals surface area contributed by atoms with Crippen molar-refractivity contribution >= 4 is 22.0 Å². The topological polar surface area (TPSA) is 52.6 Å². The Bertz CT molecular complexity index is 287. The fraction of sp³-hybridized carbons (Fsp3) is 1.00. The highest BCUT2D eigenvalue weighted by Crippen LogP contribution is 2.12. The number of nitrogens with one attached hydrogen (secondary N) is 1. The molecule has 0 atom stereocenters. The van der Waals surface area contributed by atoms with Crippen molar-refractivity contribution < 1.29 is 8.42 Å². The van der Waals surface area contributed by atoms with Gasteiger partial charge in [0.1, 0.15) is 0 Å². The van der Waals surface area contributed by atoms with E-state index in [4.69, 9.17) is 0 Å². The van der Waals surface area contributed by atoms with E-state index in [1.165, 1.54) is 6.26 Å². The highest BCUT2D eigenvalue weighted by molar-refractivity contribution is 7.96. The minimum Gasteiger partial charge on any atom is -0.299 e. The predicted octanol–water partition coefficient (Wildman–Crippen LogP) is -0.179. The molecular formula is C9H21N3O2S2. The van der Waals surface area contributed by atoms with Gasteiger partial charge in [-0.05, 0) is 0 Å². The van der Waals surface area contributed by atoms with Crippen LogP contribution in [0.15, 0.2) is 0 Å². The average molecular weight is 267 g/mol. The van der Waals surface area contributed by atoms with Crippen molar-refractivity contribution in [1.82, 2.24) is 13.9 Å². The van der Waals surface area contributed by atoms with Crippen LogP contribution in [0.2, 0.25) is 0 Å². The zero-order valence-electron chi connectivity index (χ0n) is 9.98. The second-order valence-electron chi connectivity index (χ2n) is 3.85. The van der Waals surface area contributed by atoms with Gasteiger partial charge < -0.3 is 0 Å². The van der Waals surface area contributed by atoms with Crippen molar-refractivity contribution in [3.8, 4) is 0 Å². The van der Waals surface area contributed by atoms with Gasteiger partial charge in [0.25, 0.3) is 0 Å². The summed E-state index contributed by atoms with van der Waals surface area (Å²) in [7, 11) is -3.04. The molecule has 1 N–H and O–H groups in total. The first-order chi connectivity index (χ1) is 7.51. The van der Waals surface area contributed by atoms with Gasteiger partial charge in [-0.2, -0.15) is 0 Å². The van der Waals surface area contributed by atoms with Gasteiger partial charge in [-0.15, -0.1) is 0 Å². The summed E-state index contributed by atoms with van der Waals surface area (Å²) in [4.78, 5) is 2.30. The van der Waals surface area contributed by atoms with Crippen LogP contribution in [-0.4, -0.2) is 68.9 Å². The molecule has 0 unspecified atom stereocenters. The summed E-state index contributed by atoms with van der Waals surface area (Å²) < 4.78 is 26.6. The third-order valence-electron chi connectivity index (χ3n) is 2.44. The molecule has 96 valence electrons. The molecule has 0 bridgehead atoms. The minimum atomic E-state index is -3.04. The molecule has 0 aromatic rings. The van der Waals surface area contributed by atoms with Crippen LogP contribution in [-0.2, 0) is 10.0 Å². The van der Waals surface area contributed by atoms with Gasteiger partial charge in [-0.1, -0.05) is 18.9 Å². The summed E-state index contributed by atoms with van der Waals surface area (Å²) in [5.41, 5.74) is 0. The van der Waals surface area contributed by atoms with Gasteiger partial charge in [-0.3, -0.25) is 4.90 Å². The standard InChI is InChI=1S/C9H21N3O2S2/c1-3-15-12-8-6-11(7-9-12)5-4-10-16(2,13)14/h10H,3-9H2,1-2H3. The summed E-state index contributed by atoms with van der Waals surface area (Å²) in [6, 6.07) is 0. The van der Waals surface area contributed by atoms with E-state index < -0.39 is 10.0 Å². The molecule has 0 radical (unpaired) electrons. The van der Waals surface area contributed by atoms with Crippen molar-refractivity contribution in [1.29, 1.82) is 0 Å².